The molecule has 0 aliphatic carbocycles. The monoisotopic (exact) mass is 253 g/mol. The standard InChI is InChI=1S/C12H19N3O3/c1-8-9(7-13-15-8)4-5-10(16)14-12(2,3)6-11(17)18/h7H,4-6H2,1-3H3,(H,13,15)(H,14,16)(H,17,18). The predicted molar refractivity (Wildman–Crippen MR) is 66.1 cm³/mol. The van der Waals surface area contributed by atoms with Crippen LogP contribution in [-0.2, 0) is 16.0 Å². The Hall–Kier alpha value is -1.85. The van der Waals surface area contributed by atoms with Gasteiger partial charge in [-0.15, -0.1) is 0 Å². The molecule has 0 saturated heterocycles. The molecule has 1 rings (SSSR count). The van der Waals surface area contributed by atoms with E-state index >= 15 is 0 Å². The van der Waals surface area contributed by atoms with Crippen LogP contribution < -0.4 is 5.32 Å². The molecular weight excluding hydrogens is 234 g/mol. The first-order valence-corrected chi connectivity index (χ1v) is 5.82. The van der Waals surface area contributed by atoms with Gasteiger partial charge in [0.25, 0.3) is 0 Å². The minimum absolute atomic E-state index is 0.0938. The van der Waals surface area contributed by atoms with Crippen molar-refractivity contribution >= 4 is 11.9 Å². The number of aromatic nitrogens is 2. The molecule has 0 aliphatic rings. The Kier molecular flexibility index (Phi) is 4.47. The lowest BCUT2D eigenvalue weighted by Crippen LogP contribution is -2.45. The van der Waals surface area contributed by atoms with Crippen molar-refractivity contribution in [2.45, 2.75) is 45.6 Å². The number of aryl methyl sites for hydroxylation is 2. The van der Waals surface area contributed by atoms with Crippen molar-refractivity contribution in [3.8, 4) is 0 Å². The molecule has 0 aliphatic heterocycles. The zero-order valence-corrected chi connectivity index (χ0v) is 10.9. The molecule has 100 valence electrons. The van der Waals surface area contributed by atoms with E-state index in [1.54, 1.807) is 20.0 Å². The van der Waals surface area contributed by atoms with Crippen molar-refractivity contribution < 1.29 is 14.7 Å². The number of hydrogen-bond donors (Lipinski definition) is 3. The topological polar surface area (TPSA) is 95.1 Å². The van der Waals surface area contributed by atoms with Crippen LogP contribution in [0.1, 0.15) is 37.9 Å². The van der Waals surface area contributed by atoms with E-state index in [2.05, 4.69) is 15.5 Å². The van der Waals surface area contributed by atoms with Gasteiger partial charge in [0.05, 0.1) is 12.6 Å². The van der Waals surface area contributed by atoms with E-state index in [0.717, 1.165) is 11.3 Å². The van der Waals surface area contributed by atoms with Crippen LogP contribution in [0.3, 0.4) is 0 Å². The second-order valence-corrected chi connectivity index (χ2v) is 5.02. The van der Waals surface area contributed by atoms with Crippen LogP contribution in [-0.4, -0.2) is 32.7 Å². The second-order valence-electron chi connectivity index (χ2n) is 5.02. The number of carboxylic acids is 1. The third kappa shape index (κ3) is 4.57. The highest BCUT2D eigenvalue weighted by Crippen LogP contribution is 2.10. The summed E-state index contributed by atoms with van der Waals surface area (Å²) in [4.78, 5) is 22.3. The molecule has 0 spiro atoms. The van der Waals surface area contributed by atoms with Gasteiger partial charge in [-0.05, 0) is 32.8 Å². The molecule has 1 heterocycles. The molecule has 1 amide bonds. The Morgan fingerprint density at radius 1 is 1.50 bits per heavy atom. The van der Waals surface area contributed by atoms with Gasteiger partial charge in [-0.3, -0.25) is 14.7 Å². The molecule has 0 bridgehead atoms. The van der Waals surface area contributed by atoms with Crippen LogP contribution in [0.15, 0.2) is 6.20 Å². The number of aliphatic carboxylic acids is 1. The summed E-state index contributed by atoms with van der Waals surface area (Å²) in [7, 11) is 0. The first-order chi connectivity index (χ1) is 8.30. The number of carboxylic acid groups (broad SMARTS) is 1. The first kappa shape index (κ1) is 14.2. The number of rotatable bonds is 6. The smallest absolute Gasteiger partial charge is 0.305 e. The summed E-state index contributed by atoms with van der Waals surface area (Å²) in [5.41, 5.74) is 1.22. The number of nitrogens with zero attached hydrogens (tertiary/aromatic N) is 1. The van der Waals surface area contributed by atoms with Crippen molar-refractivity contribution in [2.75, 3.05) is 0 Å². The second kappa shape index (κ2) is 5.66. The quantitative estimate of drug-likeness (QED) is 0.705. The molecule has 6 heteroatoms. The fraction of sp³-hybridized carbons (Fsp3) is 0.583. The van der Waals surface area contributed by atoms with E-state index < -0.39 is 11.5 Å². The van der Waals surface area contributed by atoms with Gasteiger partial charge in [-0.2, -0.15) is 5.10 Å². The van der Waals surface area contributed by atoms with Gasteiger partial charge in [-0.25, -0.2) is 0 Å². The molecule has 6 nitrogen and oxygen atoms in total. The summed E-state index contributed by atoms with van der Waals surface area (Å²) in [5.74, 6) is -1.08. The molecule has 0 unspecified atom stereocenters. The predicted octanol–water partition coefficient (Wildman–Crippen LogP) is 1.02. The number of amides is 1. The summed E-state index contributed by atoms with van der Waals surface area (Å²) in [6.45, 7) is 5.29. The SMILES string of the molecule is Cc1[nH]ncc1CCC(=O)NC(C)(C)CC(=O)O. The molecular formula is C12H19N3O3. The van der Waals surface area contributed by atoms with Gasteiger partial charge in [0.2, 0.25) is 5.91 Å². The molecule has 1 aromatic rings. The normalized spacial score (nSPS) is 11.3. The van der Waals surface area contributed by atoms with Crippen molar-refractivity contribution in [1.82, 2.24) is 15.5 Å². The summed E-state index contributed by atoms with van der Waals surface area (Å²) >= 11 is 0. The van der Waals surface area contributed by atoms with E-state index in [9.17, 15) is 9.59 Å². The highest BCUT2D eigenvalue weighted by atomic mass is 16.4. The number of nitrogens with one attached hydrogen (secondary N) is 2. The first-order valence-electron chi connectivity index (χ1n) is 5.82. The average molecular weight is 253 g/mol. The van der Waals surface area contributed by atoms with Gasteiger partial charge in [-0.1, -0.05) is 0 Å². The van der Waals surface area contributed by atoms with E-state index in [1.165, 1.54) is 0 Å². The number of carbonyl (C=O) groups excluding carboxylic acids is 1. The maximum atomic E-state index is 11.7. The highest BCUT2D eigenvalue weighted by molar-refractivity contribution is 5.78. The Bertz CT molecular complexity index is 438. The summed E-state index contributed by atoms with van der Waals surface area (Å²) in [6, 6.07) is 0. The number of hydrogen-bond acceptors (Lipinski definition) is 3. The average Bonchev–Trinajstić information content (AvgIpc) is 2.58. The fourth-order valence-electron chi connectivity index (χ4n) is 1.74. The third-order valence-electron chi connectivity index (χ3n) is 2.63. The zero-order chi connectivity index (χ0) is 13.8. The van der Waals surface area contributed by atoms with E-state index in [0.29, 0.717) is 12.8 Å². The maximum absolute atomic E-state index is 11.7. The lowest BCUT2D eigenvalue weighted by Gasteiger charge is -2.24. The van der Waals surface area contributed by atoms with Crippen LogP contribution in [0.25, 0.3) is 0 Å². The Balaban J connectivity index is 2.42. The van der Waals surface area contributed by atoms with Gasteiger partial charge in [0, 0.05) is 17.7 Å². The molecule has 0 fully saturated rings. The van der Waals surface area contributed by atoms with Crippen LogP contribution in [0.5, 0.6) is 0 Å². The molecule has 1 aromatic heterocycles. The maximum Gasteiger partial charge on any atom is 0.305 e. The van der Waals surface area contributed by atoms with Crippen LogP contribution in [0.2, 0.25) is 0 Å². The lowest BCUT2D eigenvalue weighted by molar-refractivity contribution is -0.138. The Morgan fingerprint density at radius 2 is 2.17 bits per heavy atom. The van der Waals surface area contributed by atoms with Crippen LogP contribution in [0, 0.1) is 6.92 Å². The van der Waals surface area contributed by atoms with Crippen molar-refractivity contribution in [3.05, 3.63) is 17.5 Å². The number of H-pyrrole nitrogens is 1. The number of aromatic amines is 1. The molecule has 0 radical (unpaired) electrons. The van der Waals surface area contributed by atoms with Crippen LogP contribution in [0.4, 0.5) is 0 Å². The van der Waals surface area contributed by atoms with Crippen LogP contribution >= 0.6 is 0 Å². The third-order valence-corrected chi connectivity index (χ3v) is 2.63. The van der Waals surface area contributed by atoms with E-state index in [1.807, 2.05) is 6.92 Å². The van der Waals surface area contributed by atoms with Gasteiger partial charge in [0.1, 0.15) is 0 Å². The van der Waals surface area contributed by atoms with Crippen molar-refractivity contribution in [2.24, 2.45) is 0 Å². The molecule has 3 N–H and O–H groups in total. The summed E-state index contributed by atoms with van der Waals surface area (Å²) in [6.07, 6.45) is 2.52. The summed E-state index contributed by atoms with van der Waals surface area (Å²) < 4.78 is 0. The fourth-order valence-corrected chi connectivity index (χ4v) is 1.74. The van der Waals surface area contributed by atoms with Crippen molar-refractivity contribution in [1.29, 1.82) is 0 Å². The zero-order valence-electron chi connectivity index (χ0n) is 10.9. The van der Waals surface area contributed by atoms with Gasteiger partial charge in [0.15, 0.2) is 0 Å². The summed E-state index contributed by atoms with van der Waals surface area (Å²) in [5, 5.41) is 18.1. The minimum Gasteiger partial charge on any atom is -0.481 e. The molecule has 0 aromatic carbocycles. The molecule has 0 atom stereocenters. The lowest BCUT2D eigenvalue weighted by atomic mass is 10.00. The minimum atomic E-state index is -0.925. The largest absolute Gasteiger partial charge is 0.481 e. The number of carbonyl (C=O) groups is 2. The van der Waals surface area contributed by atoms with Gasteiger partial charge < -0.3 is 10.4 Å². The van der Waals surface area contributed by atoms with E-state index in [-0.39, 0.29) is 12.3 Å². The highest BCUT2D eigenvalue weighted by Gasteiger charge is 2.23. The molecule has 0 saturated carbocycles. The molecule has 18 heavy (non-hydrogen) atoms. The van der Waals surface area contributed by atoms with Gasteiger partial charge >= 0.3 is 5.97 Å². The Labute approximate surface area is 106 Å². The van der Waals surface area contributed by atoms with E-state index in [4.69, 9.17) is 5.11 Å². The van der Waals surface area contributed by atoms with Crippen molar-refractivity contribution in [3.63, 3.8) is 0 Å². The Morgan fingerprint density at radius 3 is 2.67 bits per heavy atom.